The molecule has 0 saturated carbocycles. The zero-order chi connectivity index (χ0) is 29.0. The van der Waals surface area contributed by atoms with Gasteiger partial charge >= 0.3 is 259 Å². The van der Waals surface area contributed by atoms with Gasteiger partial charge in [0.05, 0.1) is 0 Å². The third-order valence-electron chi connectivity index (χ3n) is 7.96. The molecule has 0 aliphatic heterocycles. The number of benzene rings is 6. The van der Waals surface area contributed by atoms with Gasteiger partial charge in [-0.15, -0.1) is 0 Å². The molecule has 0 aliphatic carbocycles. The van der Waals surface area contributed by atoms with Gasteiger partial charge < -0.3 is 0 Å². The quantitative estimate of drug-likeness (QED) is 0.182. The number of para-hydroxylation sites is 1. The zero-order valence-electron chi connectivity index (χ0n) is 23.3. The Kier molecular flexibility index (Phi) is 5.76. The third kappa shape index (κ3) is 4.15. The predicted molar refractivity (Wildman–Crippen MR) is 179 cm³/mol. The first-order valence-corrected chi connectivity index (χ1v) is 16.1. The van der Waals surface area contributed by atoms with Gasteiger partial charge in [0.25, 0.3) is 0 Å². The number of aromatic nitrogens is 4. The molecule has 0 bridgehead atoms. The molecule has 0 aliphatic rings. The van der Waals surface area contributed by atoms with Gasteiger partial charge in [-0.2, -0.15) is 0 Å². The van der Waals surface area contributed by atoms with Crippen LogP contribution in [0.4, 0.5) is 0 Å². The van der Waals surface area contributed by atoms with Crippen LogP contribution in [0.2, 0.25) is 0 Å². The van der Waals surface area contributed by atoms with Gasteiger partial charge in [0.15, 0.2) is 0 Å². The van der Waals surface area contributed by atoms with E-state index in [4.69, 9.17) is 24.4 Å². The predicted octanol–water partition coefficient (Wildman–Crippen LogP) is 9.20. The summed E-state index contributed by atoms with van der Waals surface area (Å²) in [6.07, 6.45) is 0. The Morgan fingerprint density at radius 1 is 0.477 bits per heavy atom. The van der Waals surface area contributed by atoms with Crippen LogP contribution in [-0.4, -0.2) is 34.4 Å². The van der Waals surface area contributed by atoms with E-state index in [1.54, 1.807) is 0 Å². The molecular formula is C38H22N4OSe. The van der Waals surface area contributed by atoms with Gasteiger partial charge in [-0.3, -0.25) is 0 Å². The fraction of sp³-hybridized carbons (Fsp3) is 0. The maximum atomic E-state index is 6.20. The second-order valence-electron chi connectivity index (χ2n) is 10.7. The van der Waals surface area contributed by atoms with E-state index in [0.717, 1.165) is 65.0 Å². The Morgan fingerprint density at radius 2 is 1.16 bits per heavy atom. The molecule has 6 heteroatoms. The van der Waals surface area contributed by atoms with Crippen molar-refractivity contribution in [1.82, 2.24) is 19.9 Å². The number of fused-ring (bicyclic) bond motifs is 6. The SMILES string of the molecule is c1ccc(-c2nc(-c3ccccc3)nc(-c3cccc4ccc5nc(-c6ccc7c(c6)oc6ccccc67)[se]c5c34)n2)cc1. The van der Waals surface area contributed by atoms with Crippen LogP contribution in [0, 0.1) is 0 Å². The van der Waals surface area contributed by atoms with Crippen LogP contribution >= 0.6 is 0 Å². The number of furan rings is 1. The monoisotopic (exact) mass is 630 g/mol. The second kappa shape index (κ2) is 10.1. The molecule has 9 rings (SSSR count). The molecule has 0 fully saturated rings. The molecule has 5 nitrogen and oxygen atoms in total. The Morgan fingerprint density at radius 3 is 1.93 bits per heavy atom. The van der Waals surface area contributed by atoms with Gasteiger partial charge in [-0.05, 0) is 0 Å². The van der Waals surface area contributed by atoms with Crippen molar-refractivity contribution in [2.75, 3.05) is 0 Å². The van der Waals surface area contributed by atoms with E-state index < -0.39 is 0 Å². The molecule has 0 atom stereocenters. The Balaban J connectivity index is 1.25. The van der Waals surface area contributed by atoms with Gasteiger partial charge in [0, 0.05) is 0 Å². The van der Waals surface area contributed by atoms with Crippen molar-refractivity contribution in [3.8, 4) is 44.3 Å². The average molecular weight is 630 g/mol. The first-order valence-electron chi connectivity index (χ1n) is 14.4. The van der Waals surface area contributed by atoms with Gasteiger partial charge in [-0.25, -0.2) is 0 Å². The Bertz CT molecular complexity index is 2440. The number of nitrogens with zero attached hydrogens (tertiary/aromatic N) is 4. The molecular weight excluding hydrogens is 607 g/mol. The van der Waals surface area contributed by atoms with Crippen molar-refractivity contribution < 1.29 is 4.42 Å². The Hall–Kier alpha value is -5.42. The van der Waals surface area contributed by atoms with Crippen molar-refractivity contribution in [1.29, 1.82) is 0 Å². The zero-order valence-corrected chi connectivity index (χ0v) is 25.0. The molecule has 6 aromatic carbocycles. The average Bonchev–Trinajstić information content (AvgIpc) is 3.70. The summed E-state index contributed by atoms with van der Waals surface area (Å²) < 4.78 is 8.53. The fourth-order valence-corrected chi connectivity index (χ4v) is 8.22. The molecule has 0 amide bonds. The first-order chi connectivity index (χ1) is 21.8. The third-order valence-corrected chi connectivity index (χ3v) is 10.4. The normalized spacial score (nSPS) is 11.6. The summed E-state index contributed by atoms with van der Waals surface area (Å²) in [5.41, 5.74) is 6.78. The van der Waals surface area contributed by atoms with Crippen molar-refractivity contribution in [3.05, 3.63) is 133 Å². The van der Waals surface area contributed by atoms with Crippen LogP contribution in [-0.2, 0) is 0 Å². The van der Waals surface area contributed by atoms with Crippen molar-refractivity contribution in [3.63, 3.8) is 0 Å². The molecule has 206 valence electrons. The summed E-state index contributed by atoms with van der Waals surface area (Å²) in [4.78, 5) is 20.1. The second-order valence-corrected chi connectivity index (χ2v) is 12.8. The summed E-state index contributed by atoms with van der Waals surface area (Å²) in [5.74, 6) is 1.96. The standard InChI is InChI=1S/C38H22N4OSe/c1-3-10-24(11-4-1)35-40-36(25-12-5-2-6-13-25)42-37(41-35)29-16-9-14-23-19-21-30-34(33(23)29)44-38(39-30)26-18-20-28-27-15-7-8-17-31(27)43-32(28)22-26/h1-22H. The number of rotatable bonds is 4. The fourth-order valence-electron chi connectivity index (χ4n) is 5.85. The summed E-state index contributed by atoms with van der Waals surface area (Å²) in [7, 11) is 0. The van der Waals surface area contributed by atoms with Crippen molar-refractivity contribution in [2.24, 2.45) is 0 Å². The van der Waals surface area contributed by atoms with Crippen molar-refractivity contribution in [2.45, 2.75) is 0 Å². The van der Waals surface area contributed by atoms with E-state index in [0.29, 0.717) is 17.5 Å². The molecule has 0 N–H and O–H groups in total. The van der Waals surface area contributed by atoms with Gasteiger partial charge in [-0.1, -0.05) is 0 Å². The van der Waals surface area contributed by atoms with E-state index in [1.165, 1.54) is 4.26 Å². The molecule has 0 spiro atoms. The molecule has 0 unspecified atom stereocenters. The first kappa shape index (κ1) is 25.1. The van der Waals surface area contributed by atoms with E-state index in [9.17, 15) is 0 Å². The molecule has 9 aromatic rings. The maximum absolute atomic E-state index is 6.20. The van der Waals surface area contributed by atoms with E-state index in [-0.39, 0.29) is 14.5 Å². The molecule has 3 heterocycles. The molecule has 3 aromatic heterocycles. The Labute approximate surface area is 258 Å². The van der Waals surface area contributed by atoms with Gasteiger partial charge in [0.1, 0.15) is 0 Å². The minimum atomic E-state index is -0.0256. The van der Waals surface area contributed by atoms with Gasteiger partial charge in [0.2, 0.25) is 0 Å². The summed E-state index contributed by atoms with van der Waals surface area (Å²) >= 11 is -0.0256. The summed E-state index contributed by atoms with van der Waals surface area (Å²) in [5, 5.41) is 4.56. The van der Waals surface area contributed by atoms with Crippen LogP contribution in [0.3, 0.4) is 0 Å². The molecule has 0 saturated heterocycles. The summed E-state index contributed by atoms with van der Waals surface area (Å²) in [6, 6.07) is 45.5. The topological polar surface area (TPSA) is 64.7 Å². The van der Waals surface area contributed by atoms with Crippen LogP contribution < -0.4 is 0 Å². The summed E-state index contributed by atoms with van der Waals surface area (Å²) in [6.45, 7) is 0. The minimum absolute atomic E-state index is 0.0256. The number of hydrogen-bond acceptors (Lipinski definition) is 5. The van der Waals surface area contributed by atoms with E-state index >= 15 is 0 Å². The van der Waals surface area contributed by atoms with E-state index in [1.807, 2.05) is 78.9 Å². The van der Waals surface area contributed by atoms with Crippen molar-refractivity contribution >= 4 is 57.0 Å². The van der Waals surface area contributed by atoms with E-state index in [2.05, 4.69) is 54.6 Å². The van der Waals surface area contributed by atoms with Crippen LogP contribution in [0.25, 0.3) is 86.8 Å². The number of hydrogen-bond donors (Lipinski definition) is 0. The molecule has 0 radical (unpaired) electrons. The van der Waals surface area contributed by atoms with Crippen LogP contribution in [0.15, 0.2) is 138 Å². The van der Waals surface area contributed by atoms with Crippen LogP contribution in [0.5, 0.6) is 0 Å². The van der Waals surface area contributed by atoms with Crippen LogP contribution in [0.1, 0.15) is 0 Å². The molecule has 44 heavy (non-hydrogen) atoms.